The Labute approximate surface area is 140 Å². The second kappa shape index (κ2) is 8.15. The molecule has 0 aliphatic heterocycles. The van der Waals surface area contributed by atoms with E-state index in [0.29, 0.717) is 0 Å². The van der Waals surface area contributed by atoms with E-state index < -0.39 is 8.07 Å². The van der Waals surface area contributed by atoms with Gasteiger partial charge in [-0.15, -0.1) is 11.8 Å². The highest BCUT2D eigenvalue weighted by atomic mass is 79.9. The summed E-state index contributed by atoms with van der Waals surface area (Å²) in [4.78, 5) is 15.6. The van der Waals surface area contributed by atoms with E-state index in [9.17, 15) is 4.79 Å². The summed E-state index contributed by atoms with van der Waals surface area (Å²) >= 11 is 5.20. The summed E-state index contributed by atoms with van der Waals surface area (Å²) in [5, 5.41) is 1.05. The highest BCUT2D eigenvalue weighted by molar-refractivity contribution is 9.10. The Hall–Kier alpha value is -0.593. The highest BCUT2D eigenvalue weighted by Crippen LogP contribution is 2.22. The SMILES string of the molecule is CS/C(=N\C[Si](C)(C)C)c1ccc(COC(C)=O)c(Br)c1. The van der Waals surface area contributed by atoms with Gasteiger partial charge in [0.25, 0.3) is 0 Å². The van der Waals surface area contributed by atoms with Crippen molar-refractivity contribution >= 4 is 46.8 Å². The van der Waals surface area contributed by atoms with Gasteiger partial charge in [0.15, 0.2) is 0 Å². The van der Waals surface area contributed by atoms with E-state index in [1.165, 1.54) is 6.92 Å². The van der Waals surface area contributed by atoms with Gasteiger partial charge in [-0.1, -0.05) is 47.7 Å². The fourth-order valence-corrected chi connectivity index (χ4v) is 3.36. The molecule has 0 bridgehead atoms. The molecule has 0 N–H and O–H groups in total. The minimum Gasteiger partial charge on any atom is -0.461 e. The van der Waals surface area contributed by atoms with Crippen LogP contribution in [0.4, 0.5) is 0 Å². The lowest BCUT2D eigenvalue weighted by atomic mass is 10.1. The molecule has 0 radical (unpaired) electrons. The van der Waals surface area contributed by atoms with E-state index in [4.69, 9.17) is 9.73 Å². The maximum absolute atomic E-state index is 10.9. The Kier molecular flexibility index (Phi) is 7.16. The van der Waals surface area contributed by atoms with Gasteiger partial charge in [0.1, 0.15) is 6.61 Å². The molecule has 21 heavy (non-hydrogen) atoms. The van der Waals surface area contributed by atoms with Gasteiger partial charge < -0.3 is 4.74 Å². The molecule has 0 saturated heterocycles. The van der Waals surface area contributed by atoms with Crippen molar-refractivity contribution in [1.29, 1.82) is 0 Å². The number of ether oxygens (including phenoxy) is 1. The number of carbonyl (C=O) groups is 1. The predicted octanol–water partition coefficient (Wildman–Crippen LogP) is 4.50. The van der Waals surface area contributed by atoms with Gasteiger partial charge in [-0.3, -0.25) is 9.79 Å². The lowest BCUT2D eigenvalue weighted by molar-refractivity contribution is -0.142. The zero-order valence-electron chi connectivity index (χ0n) is 13.2. The minimum atomic E-state index is -1.19. The fraction of sp³-hybridized carbons (Fsp3) is 0.467. The van der Waals surface area contributed by atoms with Crippen LogP contribution in [-0.4, -0.2) is 31.5 Å². The van der Waals surface area contributed by atoms with E-state index in [2.05, 4.69) is 35.6 Å². The largest absolute Gasteiger partial charge is 0.461 e. The van der Waals surface area contributed by atoms with E-state index in [0.717, 1.165) is 26.8 Å². The Morgan fingerprint density at radius 1 is 1.38 bits per heavy atom. The molecule has 0 aliphatic carbocycles. The molecule has 0 fully saturated rings. The van der Waals surface area contributed by atoms with Crippen LogP contribution in [0, 0.1) is 0 Å². The molecule has 0 spiro atoms. The molecule has 1 aromatic rings. The van der Waals surface area contributed by atoms with Gasteiger partial charge in [0.05, 0.1) is 13.1 Å². The van der Waals surface area contributed by atoms with Gasteiger partial charge in [-0.2, -0.15) is 0 Å². The summed E-state index contributed by atoms with van der Waals surface area (Å²) in [7, 11) is -1.19. The van der Waals surface area contributed by atoms with Crippen molar-refractivity contribution in [2.45, 2.75) is 33.2 Å². The molecule has 116 valence electrons. The van der Waals surface area contributed by atoms with Crippen molar-refractivity contribution in [2.24, 2.45) is 4.99 Å². The molecule has 0 unspecified atom stereocenters. The molecule has 1 aromatic carbocycles. The average Bonchev–Trinajstić information content (AvgIpc) is 2.37. The lowest BCUT2D eigenvalue weighted by Crippen LogP contribution is -2.25. The molecule has 0 aliphatic rings. The van der Waals surface area contributed by atoms with E-state index >= 15 is 0 Å². The molecule has 0 heterocycles. The molecule has 6 heteroatoms. The Morgan fingerprint density at radius 2 is 2.05 bits per heavy atom. The summed E-state index contributed by atoms with van der Waals surface area (Å²) in [5.74, 6) is -0.271. The summed E-state index contributed by atoms with van der Waals surface area (Å²) < 4.78 is 5.97. The maximum Gasteiger partial charge on any atom is 0.302 e. The monoisotopic (exact) mass is 387 g/mol. The molecule has 0 saturated carbocycles. The van der Waals surface area contributed by atoms with Gasteiger partial charge in [0.2, 0.25) is 0 Å². The van der Waals surface area contributed by atoms with E-state index in [-0.39, 0.29) is 12.6 Å². The summed E-state index contributed by atoms with van der Waals surface area (Å²) in [6.45, 7) is 8.64. The Balaban J connectivity index is 2.92. The Morgan fingerprint density at radius 3 is 2.52 bits per heavy atom. The molecular formula is C15H22BrNO2SSi. The number of aliphatic imine (C=N–C) groups is 1. The second-order valence-electron chi connectivity index (χ2n) is 5.97. The van der Waals surface area contributed by atoms with Crippen LogP contribution in [0.15, 0.2) is 27.7 Å². The van der Waals surface area contributed by atoms with Crippen LogP contribution >= 0.6 is 27.7 Å². The van der Waals surface area contributed by atoms with Gasteiger partial charge >= 0.3 is 5.97 Å². The lowest BCUT2D eigenvalue weighted by Gasteiger charge is -2.14. The van der Waals surface area contributed by atoms with Gasteiger partial charge in [0, 0.05) is 28.7 Å². The quantitative estimate of drug-likeness (QED) is 0.323. The van der Waals surface area contributed by atoms with Crippen LogP contribution in [0.3, 0.4) is 0 Å². The first-order valence-electron chi connectivity index (χ1n) is 6.73. The minimum absolute atomic E-state index is 0.271. The smallest absolute Gasteiger partial charge is 0.302 e. The molecular weight excluding hydrogens is 366 g/mol. The van der Waals surface area contributed by atoms with Gasteiger partial charge in [-0.25, -0.2) is 0 Å². The number of hydrogen-bond acceptors (Lipinski definition) is 4. The zero-order chi connectivity index (χ0) is 16.0. The van der Waals surface area contributed by atoms with Crippen molar-refractivity contribution in [3.63, 3.8) is 0 Å². The molecule has 3 nitrogen and oxygen atoms in total. The molecule has 0 aromatic heterocycles. The third kappa shape index (κ3) is 6.80. The fourth-order valence-electron chi connectivity index (χ4n) is 1.56. The average molecular weight is 388 g/mol. The van der Waals surface area contributed by atoms with Crippen molar-refractivity contribution in [3.8, 4) is 0 Å². The van der Waals surface area contributed by atoms with Crippen molar-refractivity contribution < 1.29 is 9.53 Å². The summed E-state index contributed by atoms with van der Waals surface area (Å²) in [5.41, 5.74) is 2.05. The normalized spacial score (nSPS) is 12.4. The maximum atomic E-state index is 10.9. The first-order chi connectivity index (χ1) is 9.73. The zero-order valence-corrected chi connectivity index (χ0v) is 16.6. The first-order valence-corrected chi connectivity index (χ1v) is 12.5. The number of carbonyl (C=O) groups excluding carboxylic acids is 1. The summed E-state index contributed by atoms with van der Waals surface area (Å²) in [6.07, 6.45) is 2.97. The van der Waals surface area contributed by atoms with Crippen LogP contribution in [0.25, 0.3) is 0 Å². The van der Waals surface area contributed by atoms with Crippen molar-refractivity contribution in [1.82, 2.24) is 0 Å². The number of hydrogen-bond donors (Lipinski definition) is 0. The van der Waals surface area contributed by atoms with Crippen molar-refractivity contribution in [3.05, 3.63) is 33.8 Å². The van der Waals surface area contributed by atoms with Crippen LogP contribution in [0.5, 0.6) is 0 Å². The number of benzene rings is 1. The van der Waals surface area contributed by atoms with E-state index in [1.807, 2.05) is 24.5 Å². The predicted molar refractivity (Wildman–Crippen MR) is 97.9 cm³/mol. The number of esters is 1. The third-order valence-electron chi connectivity index (χ3n) is 2.62. The van der Waals surface area contributed by atoms with Crippen LogP contribution in [-0.2, 0) is 16.1 Å². The standard InChI is InChI=1S/C15H22BrNO2SSi/c1-11(18)19-9-13-7-6-12(8-14(13)16)15(20-2)17-10-21(3,4)5/h6-8H,9-10H2,1-5H3/b17-15-. The Bertz CT molecular complexity index is 541. The van der Waals surface area contributed by atoms with Crippen molar-refractivity contribution in [2.75, 3.05) is 12.4 Å². The number of halogens is 1. The number of nitrogens with zero attached hydrogens (tertiary/aromatic N) is 1. The first kappa shape index (κ1) is 18.5. The van der Waals surface area contributed by atoms with Crippen LogP contribution in [0.2, 0.25) is 19.6 Å². The van der Waals surface area contributed by atoms with Crippen LogP contribution < -0.4 is 0 Å². The molecule has 1 rings (SSSR count). The molecule has 0 amide bonds. The third-order valence-corrected chi connectivity index (χ3v) is 5.22. The van der Waals surface area contributed by atoms with E-state index in [1.54, 1.807) is 11.8 Å². The highest BCUT2D eigenvalue weighted by Gasteiger charge is 2.13. The topological polar surface area (TPSA) is 38.7 Å². The number of thioether (sulfide) groups is 1. The number of rotatable bonds is 5. The second-order valence-corrected chi connectivity index (χ2v) is 13.1. The van der Waals surface area contributed by atoms with Crippen LogP contribution in [0.1, 0.15) is 18.1 Å². The summed E-state index contributed by atoms with van der Waals surface area (Å²) in [6, 6.07) is 6.05. The molecule has 0 atom stereocenters. The van der Waals surface area contributed by atoms with Gasteiger partial charge in [-0.05, 0) is 12.3 Å².